The van der Waals surface area contributed by atoms with Gasteiger partial charge >= 0.3 is 0 Å². The number of benzene rings is 2. The molecular formula is C23H24N6O3. The largest absolute Gasteiger partial charge is 0.368 e. The first-order chi connectivity index (χ1) is 15.7. The van der Waals surface area contributed by atoms with Gasteiger partial charge in [-0.1, -0.05) is 53.7 Å². The van der Waals surface area contributed by atoms with Gasteiger partial charge in [-0.2, -0.15) is 10.1 Å². The Labute approximate surface area is 184 Å². The van der Waals surface area contributed by atoms with Crippen LogP contribution in [0.3, 0.4) is 0 Å². The topological polar surface area (TPSA) is 126 Å². The highest BCUT2D eigenvalue weighted by Gasteiger charge is 2.09. The molecule has 0 unspecified atom stereocenters. The molecule has 9 nitrogen and oxygen atoms in total. The molecular weight excluding hydrogens is 408 g/mol. The number of hydrogen-bond donors (Lipinski definition) is 3. The number of fused-ring (bicyclic) bond motifs is 1. The first-order valence-electron chi connectivity index (χ1n) is 10.6. The highest BCUT2D eigenvalue weighted by Crippen LogP contribution is 2.17. The van der Waals surface area contributed by atoms with E-state index >= 15 is 0 Å². The van der Waals surface area contributed by atoms with Crippen molar-refractivity contribution in [3.05, 3.63) is 70.8 Å². The summed E-state index contributed by atoms with van der Waals surface area (Å²) in [6.45, 7) is 1.17. The molecule has 9 heteroatoms. The summed E-state index contributed by atoms with van der Waals surface area (Å²) in [7, 11) is 0. The molecule has 2 aromatic carbocycles. The lowest BCUT2D eigenvalue weighted by Gasteiger charge is -2.08. The second-order valence-electron chi connectivity index (χ2n) is 7.31. The molecule has 0 radical (unpaired) electrons. The highest BCUT2D eigenvalue weighted by atomic mass is 16.5. The van der Waals surface area contributed by atoms with E-state index in [0.29, 0.717) is 55.3 Å². The van der Waals surface area contributed by atoms with Crippen LogP contribution < -0.4 is 16.2 Å². The van der Waals surface area contributed by atoms with Crippen LogP contribution in [-0.2, 0) is 11.2 Å². The van der Waals surface area contributed by atoms with Crippen molar-refractivity contribution < 1.29 is 9.32 Å². The van der Waals surface area contributed by atoms with E-state index < -0.39 is 0 Å². The van der Waals surface area contributed by atoms with E-state index in [4.69, 9.17) is 4.52 Å². The summed E-state index contributed by atoms with van der Waals surface area (Å²) < 4.78 is 5.26. The lowest BCUT2D eigenvalue weighted by molar-refractivity contribution is -0.121. The van der Waals surface area contributed by atoms with E-state index in [9.17, 15) is 9.59 Å². The number of carbonyl (C=O) groups is 1. The third-order valence-corrected chi connectivity index (χ3v) is 4.96. The molecule has 0 saturated heterocycles. The molecule has 4 rings (SSSR count). The average Bonchev–Trinajstić information content (AvgIpc) is 3.30. The van der Waals surface area contributed by atoms with Crippen LogP contribution in [0.15, 0.2) is 63.9 Å². The van der Waals surface area contributed by atoms with Gasteiger partial charge in [0.05, 0.1) is 5.39 Å². The molecule has 0 bridgehead atoms. The van der Waals surface area contributed by atoms with Crippen LogP contribution in [0.5, 0.6) is 0 Å². The van der Waals surface area contributed by atoms with Crippen LogP contribution in [0.1, 0.15) is 25.2 Å². The molecule has 0 aliphatic heterocycles. The zero-order valence-electron chi connectivity index (χ0n) is 17.5. The third-order valence-electron chi connectivity index (χ3n) is 4.96. The van der Waals surface area contributed by atoms with Gasteiger partial charge in [0.2, 0.25) is 17.6 Å². The Kier molecular flexibility index (Phi) is 6.86. The number of hydrogen-bond acceptors (Lipinski definition) is 7. The fourth-order valence-electron chi connectivity index (χ4n) is 3.32. The maximum atomic E-state index is 12.1. The lowest BCUT2D eigenvalue weighted by atomic mass is 10.2. The number of amides is 1. The van der Waals surface area contributed by atoms with E-state index in [1.807, 2.05) is 48.5 Å². The van der Waals surface area contributed by atoms with E-state index in [2.05, 4.69) is 31.0 Å². The number of anilines is 1. The van der Waals surface area contributed by atoms with E-state index in [-0.39, 0.29) is 11.5 Å². The predicted octanol–water partition coefficient (Wildman–Crippen LogP) is 2.91. The van der Waals surface area contributed by atoms with Crippen molar-refractivity contribution in [1.82, 2.24) is 25.7 Å². The summed E-state index contributed by atoms with van der Waals surface area (Å²) in [5.41, 5.74) is 0.689. The minimum absolute atomic E-state index is 0.0135. The normalized spacial score (nSPS) is 10.9. The SMILES string of the molecule is O=C(CCCc1nc(-c2ccccc2)no1)NCCCNc1n[nH]c(=O)c2ccccc12. The maximum absolute atomic E-state index is 12.1. The van der Waals surface area contributed by atoms with Gasteiger partial charge in [0.1, 0.15) is 0 Å². The maximum Gasteiger partial charge on any atom is 0.272 e. The van der Waals surface area contributed by atoms with Gasteiger partial charge in [-0.05, 0) is 18.9 Å². The van der Waals surface area contributed by atoms with Crippen molar-refractivity contribution >= 4 is 22.5 Å². The molecule has 0 atom stereocenters. The molecule has 4 aromatic rings. The quantitative estimate of drug-likeness (QED) is 0.329. The number of aryl methyl sites for hydroxylation is 1. The fraction of sp³-hybridized carbons (Fsp3) is 0.261. The van der Waals surface area contributed by atoms with Crippen molar-refractivity contribution in [2.45, 2.75) is 25.7 Å². The van der Waals surface area contributed by atoms with Crippen LogP contribution in [-0.4, -0.2) is 39.3 Å². The smallest absolute Gasteiger partial charge is 0.272 e. The van der Waals surface area contributed by atoms with Gasteiger partial charge in [0, 0.05) is 36.9 Å². The summed E-state index contributed by atoms with van der Waals surface area (Å²) in [5.74, 6) is 1.70. The molecule has 2 aromatic heterocycles. The summed E-state index contributed by atoms with van der Waals surface area (Å²) >= 11 is 0. The molecule has 0 saturated carbocycles. The van der Waals surface area contributed by atoms with Gasteiger partial charge in [-0.15, -0.1) is 0 Å². The van der Waals surface area contributed by atoms with E-state index in [1.165, 1.54) is 0 Å². The second-order valence-corrected chi connectivity index (χ2v) is 7.31. The van der Waals surface area contributed by atoms with Gasteiger partial charge in [0.15, 0.2) is 5.82 Å². The van der Waals surface area contributed by atoms with Gasteiger partial charge in [0.25, 0.3) is 5.56 Å². The molecule has 0 spiro atoms. The summed E-state index contributed by atoms with van der Waals surface area (Å²) in [4.78, 5) is 28.2. The Bertz CT molecular complexity index is 1240. The third kappa shape index (κ3) is 5.37. The van der Waals surface area contributed by atoms with Crippen molar-refractivity contribution in [1.29, 1.82) is 0 Å². The van der Waals surface area contributed by atoms with E-state index in [0.717, 1.165) is 17.4 Å². The summed E-state index contributed by atoms with van der Waals surface area (Å²) in [6, 6.07) is 16.9. The zero-order chi connectivity index (χ0) is 22.2. The van der Waals surface area contributed by atoms with Crippen molar-refractivity contribution in [3.8, 4) is 11.4 Å². The van der Waals surface area contributed by atoms with Crippen LogP contribution in [0.2, 0.25) is 0 Å². The van der Waals surface area contributed by atoms with Gasteiger partial charge in [-0.25, -0.2) is 5.10 Å². The Morgan fingerprint density at radius 3 is 2.59 bits per heavy atom. The van der Waals surface area contributed by atoms with Gasteiger partial charge in [-0.3, -0.25) is 9.59 Å². The number of aromatic nitrogens is 4. The number of rotatable bonds is 10. The van der Waals surface area contributed by atoms with Crippen LogP contribution in [0.4, 0.5) is 5.82 Å². The number of nitrogens with one attached hydrogen (secondary N) is 3. The average molecular weight is 432 g/mol. The minimum atomic E-state index is -0.213. The summed E-state index contributed by atoms with van der Waals surface area (Å²) in [5, 5.41) is 18.0. The van der Waals surface area contributed by atoms with Crippen LogP contribution in [0.25, 0.3) is 22.2 Å². The molecule has 1 amide bonds. The fourth-order valence-corrected chi connectivity index (χ4v) is 3.32. The molecule has 0 aliphatic carbocycles. The van der Waals surface area contributed by atoms with Crippen molar-refractivity contribution in [2.24, 2.45) is 0 Å². The Morgan fingerprint density at radius 1 is 0.969 bits per heavy atom. The van der Waals surface area contributed by atoms with Crippen molar-refractivity contribution in [3.63, 3.8) is 0 Å². The molecule has 164 valence electrons. The number of aromatic amines is 1. The zero-order valence-corrected chi connectivity index (χ0v) is 17.5. The molecule has 3 N–H and O–H groups in total. The van der Waals surface area contributed by atoms with Crippen molar-refractivity contribution in [2.75, 3.05) is 18.4 Å². The first-order valence-corrected chi connectivity index (χ1v) is 10.6. The standard InChI is InChI=1S/C23H24N6O3/c30-19(12-6-13-20-26-21(29-32-20)16-8-2-1-3-9-16)24-14-7-15-25-22-17-10-4-5-11-18(17)23(31)28-27-22/h1-5,8-11H,6-7,12-15H2,(H,24,30)(H,25,27)(H,28,31). The molecule has 0 fully saturated rings. The Balaban J connectivity index is 1.14. The number of H-pyrrole nitrogens is 1. The number of nitrogens with zero attached hydrogens (tertiary/aromatic N) is 3. The predicted molar refractivity (Wildman–Crippen MR) is 121 cm³/mol. The van der Waals surface area contributed by atoms with Crippen LogP contribution in [0, 0.1) is 0 Å². The monoisotopic (exact) mass is 432 g/mol. The molecule has 32 heavy (non-hydrogen) atoms. The van der Waals surface area contributed by atoms with E-state index in [1.54, 1.807) is 6.07 Å². The summed E-state index contributed by atoms with van der Waals surface area (Å²) in [6.07, 6.45) is 2.31. The molecule has 0 aliphatic rings. The first kappa shape index (κ1) is 21.2. The van der Waals surface area contributed by atoms with Crippen LogP contribution >= 0.6 is 0 Å². The Morgan fingerprint density at radius 2 is 1.75 bits per heavy atom. The van der Waals surface area contributed by atoms with Gasteiger partial charge < -0.3 is 15.2 Å². The number of carbonyl (C=O) groups excluding carboxylic acids is 1. The lowest BCUT2D eigenvalue weighted by Crippen LogP contribution is -2.25. The molecule has 2 heterocycles. The minimum Gasteiger partial charge on any atom is -0.368 e. The second kappa shape index (κ2) is 10.3. The highest BCUT2D eigenvalue weighted by molar-refractivity contribution is 5.90. The Hall–Kier alpha value is -4.01.